The van der Waals surface area contributed by atoms with Crippen LogP contribution >= 0.6 is 11.8 Å². The van der Waals surface area contributed by atoms with Crippen LogP contribution in [0.1, 0.15) is 16.8 Å². The maximum atomic E-state index is 12.6. The highest BCUT2D eigenvalue weighted by atomic mass is 32.2. The Morgan fingerprint density at radius 2 is 1.97 bits per heavy atom. The molecule has 8 nitrogen and oxygen atoms in total. The van der Waals surface area contributed by atoms with Gasteiger partial charge in [0.05, 0.1) is 18.4 Å². The lowest BCUT2D eigenvalue weighted by atomic mass is 10.2. The third-order valence-corrected chi connectivity index (χ3v) is 5.48. The lowest BCUT2D eigenvalue weighted by Crippen LogP contribution is -2.43. The molecule has 9 heteroatoms. The number of hydrogen-bond donors (Lipinski definition) is 2. The number of carbonyl (C=O) groups excluding carboxylic acids is 2. The predicted octanol–water partition coefficient (Wildman–Crippen LogP) is 2.98. The van der Waals surface area contributed by atoms with Gasteiger partial charge in [-0.15, -0.1) is 0 Å². The molecule has 1 atom stereocenters. The normalized spacial score (nSPS) is 17.9. The average molecular weight is 413 g/mol. The van der Waals surface area contributed by atoms with E-state index in [2.05, 4.69) is 10.3 Å². The van der Waals surface area contributed by atoms with Crippen molar-refractivity contribution in [1.82, 2.24) is 4.90 Å². The molecule has 1 fully saturated rings. The Bertz CT molecular complexity index is 974. The third-order valence-electron chi connectivity index (χ3n) is 4.24. The molecule has 3 rings (SSSR count). The van der Waals surface area contributed by atoms with Crippen LogP contribution in [0.5, 0.6) is 5.75 Å². The molecule has 2 aromatic rings. The van der Waals surface area contributed by atoms with E-state index in [0.29, 0.717) is 22.3 Å². The number of ether oxygens (including phenoxy) is 1. The minimum atomic E-state index is -1.04. The first-order chi connectivity index (χ1) is 13.9. The summed E-state index contributed by atoms with van der Waals surface area (Å²) in [5.41, 5.74) is 1.19. The van der Waals surface area contributed by atoms with Gasteiger partial charge in [0.2, 0.25) is 11.8 Å². The van der Waals surface area contributed by atoms with Crippen molar-refractivity contribution in [1.29, 1.82) is 0 Å². The van der Waals surface area contributed by atoms with Crippen LogP contribution in [0.15, 0.2) is 53.5 Å². The van der Waals surface area contributed by atoms with Gasteiger partial charge in [-0.3, -0.25) is 14.5 Å². The first-order valence-corrected chi connectivity index (χ1v) is 9.55. The smallest absolute Gasteiger partial charge is 0.335 e. The number of nitrogens with zero attached hydrogens (tertiary/aromatic N) is 2. The lowest BCUT2D eigenvalue weighted by Gasteiger charge is -2.28. The summed E-state index contributed by atoms with van der Waals surface area (Å²) in [4.78, 5) is 41.8. The van der Waals surface area contributed by atoms with E-state index in [1.807, 2.05) is 0 Å². The summed E-state index contributed by atoms with van der Waals surface area (Å²) in [5, 5.41) is 11.4. The number of benzene rings is 2. The molecule has 1 aliphatic rings. The molecule has 0 aliphatic carbocycles. The summed E-state index contributed by atoms with van der Waals surface area (Å²) < 4.78 is 5.18. The number of aliphatic imine (C=N–C) groups is 1. The highest BCUT2D eigenvalue weighted by molar-refractivity contribution is 8.15. The van der Waals surface area contributed by atoms with E-state index < -0.39 is 11.2 Å². The van der Waals surface area contributed by atoms with E-state index >= 15 is 0 Å². The molecule has 1 saturated heterocycles. The molecule has 0 aromatic heterocycles. The molecule has 0 bridgehead atoms. The zero-order valence-corrected chi connectivity index (χ0v) is 16.6. The molecule has 0 saturated carbocycles. The quantitative estimate of drug-likeness (QED) is 0.780. The van der Waals surface area contributed by atoms with Crippen LogP contribution in [0, 0.1) is 0 Å². The Labute approximate surface area is 171 Å². The molecule has 1 unspecified atom stereocenters. The number of anilines is 1. The van der Waals surface area contributed by atoms with Crippen LogP contribution in [0.2, 0.25) is 0 Å². The summed E-state index contributed by atoms with van der Waals surface area (Å²) in [5.74, 6) is -0.969. The number of carboxylic acid groups (broad SMARTS) is 1. The van der Waals surface area contributed by atoms with Crippen LogP contribution < -0.4 is 10.1 Å². The van der Waals surface area contributed by atoms with Crippen LogP contribution in [-0.2, 0) is 9.59 Å². The van der Waals surface area contributed by atoms with Gasteiger partial charge < -0.3 is 15.2 Å². The molecule has 0 radical (unpaired) electrons. The largest absolute Gasteiger partial charge is 0.497 e. The van der Waals surface area contributed by atoms with E-state index in [1.54, 1.807) is 38.4 Å². The van der Waals surface area contributed by atoms with Gasteiger partial charge in [0.1, 0.15) is 11.0 Å². The van der Waals surface area contributed by atoms with E-state index in [0.717, 1.165) is 0 Å². The molecule has 1 heterocycles. The third kappa shape index (κ3) is 4.94. The van der Waals surface area contributed by atoms with Crippen molar-refractivity contribution < 1.29 is 24.2 Å². The van der Waals surface area contributed by atoms with Crippen molar-refractivity contribution in [3.05, 3.63) is 54.1 Å². The van der Waals surface area contributed by atoms with E-state index in [1.165, 1.54) is 40.9 Å². The number of methoxy groups -OCH3 is 1. The highest BCUT2D eigenvalue weighted by Gasteiger charge is 2.34. The molecule has 1 aliphatic heterocycles. The van der Waals surface area contributed by atoms with Crippen molar-refractivity contribution in [2.45, 2.75) is 11.7 Å². The van der Waals surface area contributed by atoms with Gasteiger partial charge >= 0.3 is 5.97 Å². The van der Waals surface area contributed by atoms with E-state index in [9.17, 15) is 14.4 Å². The summed E-state index contributed by atoms with van der Waals surface area (Å²) in [6.07, 6.45) is 0.0390. The number of nitrogens with one attached hydrogen (secondary N) is 1. The standard InChI is InChI=1S/C20H19N3O5S/c1-23-17(24)11-16(18(25)21-13-8-6-12(7-9-13)19(26)27)29-20(23)22-14-4-3-5-15(10-14)28-2/h3-10,16H,11H2,1-2H3,(H,21,25)(H,26,27). The minimum absolute atomic E-state index is 0.0390. The number of amides is 2. The molecular weight excluding hydrogens is 394 g/mol. The zero-order valence-electron chi connectivity index (χ0n) is 15.8. The van der Waals surface area contributed by atoms with Gasteiger partial charge in [-0.2, -0.15) is 0 Å². The molecule has 0 spiro atoms. The van der Waals surface area contributed by atoms with E-state index in [4.69, 9.17) is 9.84 Å². The number of aromatic carboxylic acids is 1. The maximum absolute atomic E-state index is 12.6. The highest BCUT2D eigenvalue weighted by Crippen LogP contribution is 2.30. The molecule has 2 N–H and O–H groups in total. The Kier molecular flexibility index (Phi) is 6.18. The number of hydrogen-bond acceptors (Lipinski definition) is 6. The summed E-state index contributed by atoms with van der Waals surface area (Å²) in [6.45, 7) is 0. The predicted molar refractivity (Wildman–Crippen MR) is 111 cm³/mol. The van der Waals surface area contributed by atoms with Gasteiger partial charge in [0, 0.05) is 25.2 Å². The van der Waals surface area contributed by atoms with Crippen molar-refractivity contribution >= 4 is 46.1 Å². The van der Waals surface area contributed by atoms with Gasteiger partial charge in [-0.05, 0) is 36.4 Å². The maximum Gasteiger partial charge on any atom is 0.335 e. The van der Waals surface area contributed by atoms with Crippen LogP contribution in [0.3, 0.4) is 0 Å². The molecule has 2 amide bonds. The first-order valence-electron chi connectivity index (χ1n) is 8.67. The number of thioether (sulfide) groups is 1. The molecule has 29 heavy (non-hydrogen) atoms. The van der Waals surface area contributed by atoms with Gasteiger partial charge in [0.15, 0.2) is 5.17 Å². The van der Waals surface area contributed by atoms with Crippen LogP contribution in [-0.4, -0.2) is 52.4 Å². The zero-order chi connectivity index (χ0) is 21.0. The van der Waals surface area contributed by atoms with Gasteiger partial charge in [-0.1, -0.05) is 17.8 Å². The van der Waals surface area contributed by atoms with E-state index in [-0.39, 0.29) is 23.8 Å². The van der Waals surface area contributed by atoms with Gasteiger partial charge in [0.25, 0.3) is 0 Å². The second-order valence-corrected chi connectivity index (χ2v) is 7.40. The second-order valence-electron chi connectivity index (χ2n) is 6.23. The van der Waals surface area contributed by atoms with Crippen molar-refractivity contribution in [2.75, 3.05) is 19.5 Å². The summed E-state index contributed by atoms with van der Waals surface area (Å²) in [6, 6.07) is 12.9. The topological polar surface area (TPSA) is 108 Å². The second kappa shape index (κ2) is 8.78. The van der Waals surface area contributed by atoms with Crippen LogP contribution in [0.4, 0.5) is 11.4 Å². The average Bonchev–Trinajstić information content (AvgIpc) is 2.71. The Morgan fingerprint density at radius 3 is 2.62 bits per heavy atom. The van der Waals surface area contributed by atoms with Crippen molar-refractivity contribution in [3.8, 4) is 5.75 Å². The molecule has 2 aromatic carbocycles. The Morgan fingerprint density at radius 1 is 1.24 bits per heavy atom. The van der Waals surface area contributed by atoms with Crippen molar-refractivity contribution in [3.63, 3.8) is 0 Å². The lowest BCUT2D eigenvalue weighted by molar-refractivity contribution is -0.128. The van der Waals surface area contributed by atoms with Crippen LogP contribution in [0.25, 0.3) is 0 Å². The Hall–Kier alpha value is -3.33. The summed E-state index contributed by atoms with van der Waals surface area (Å²) >= 11 is 1.20. The number of rotatable bonds is 5. The monoisotopic (exact) mass is 413 g/mol. The summed E-state index contributed by atoms with van der Waals surface area (Å²) in [7, 11) is 3.17. The fourth-order valence-corrected chi connectivity index (χ4v) is 3.67. The fraction of sp³-hybridized carbons (Fsp3) is 0.200. The van der Waals surface area contributed by atoms with Crippen molar-refractivity contribution in [2.24, 2.45) is 4.99 Å². The number of amidine groups is 1. The molecule has 150 valence electrons. The van der Waals surface area contributed by atoms with Gasteiger partial charge in [-0.25, -0.2) is 9.79 Å². The number of carboxylic acids is 1. The Balaban J connectivity index is 1.75. The fourth-order valence-electron chi connectivity index (χ4n) is 2.61. The molecular formula is C20H19N3O5S. The first kappa shape index (κ1) is 20.4. The number of carbonyl (C=O) groups is 3. The SMILES string of the molecule is COc1cccc(N=C2SC(C(=O)Nc3ccc(C(=O)O)cc3)CC(=O)N2C)c1. The minimum Gasteiger partial charge on any atom is -0.497 e.